The van der Waals surface area contributed by atoms with Crippen LogP contribution in [0.3, 0.4) is 0 Å². The van der Waals surface area contributed by atoms with E-state index in [9.17, 15) is 19.7 Å². The largest absolute Gasteiger partial charge is 0.320 e. The number of amides is 1. The highest BCUT2D eigenvalue weighted by Crippen LogP contribution is 2.16. The predicted octanol–water partition coefficient (Wildman–Crippen LogP) is 1.14. The molecule has 0 spiro atoms. The van der Waals surface area contributed by atoms with Gasteiger partial charge in [-0.1, -0.05) is 6.07 Å². The smallest absolute Gasteiger partial charge is 0.277 e. The first-order chi connectivity index (χ1) is 7.91. The quantitative estimate of drug-likeness (QED) is 0.352. The van der Waals surface area contributed by atoms with Gasteiger partial charge >= 0.3 is 0 Å². The van der Waals surface area contributed by atoms with Crippen molar-refractivity contribution in [2.45, 2.75) is 6.92 Å². The van der Waals surface area contributed by atoms with Crippen molar-refractivity contribution in [3.8, 4) is 0 Å². The number of nitro groups is 1. The van der Waals surface area contributed by atoms with Gasteiger partial charge in [0.15, 0.2) is 11.5 Å². The standard InChI is InChI=1S/C10H9N3O4/c1-6(14)9(11)10(15)12-7-3-2-4-8(5-7)13(16)17/h2-5,11H,1H3,(H,12,15). The van der Waals surface area contributed by atoms with Crippen molar-refractivity contribution in [2.24, 2.45) is 0 Å². The summed E-state index contributed by atoms with van der Waals surface area (Å²) in [5, 5.41) is 19.8. The van der Waals surface area contributed by atoms with E-state index < -0.39 is 22.3 Å². The molecule has 0 fully saturated rings. The number of hydrogen-bond donors (Lipinski definition) is 2. The fourth-order valence-corrected chi connectivity index (χ4v) is 1.05. The Labute approximate surface area is 96.1 Å². The molecule has 0 bridgehead atoms. The SMILES string of the molecule is CC(=O)C(=N)C(=O)Nc1cccc([N+](=O)[O-])c1. The molecule has 0 radical (unpaired) electrons. The number of anilines is 1. The van der Waals surface area contributed by atoms with Crippen LogP contribution in [-0.2, 0) is 9.59 Å². The van der Waals surface area contributed by atoms with Crippen LogP contribution in [0.2, 0.25) is 0 Å². The van der Waals surface area contributed by atoms with Crippen molar-refractivity contribution in [3.05, 3.63) is 34.4 Å². The highest BCUT2D eigenvalue weighted by Gasteiger charge is 2.15. The summed E-state index contributed by atoms with van der Waals surface area (Å²) in [6, 6.07) is 5.24. The van der Waals surface area contributed by atoms with Crippen LogP contribution in [0.5, 0.6) is 0 Å². The average molecular weight is 235 g/mol. The number of nitrogens with zero attached hydrogens (tertiary/aromatic N) is 1. The number of Topliss-reactive ketones (excluding diaryl/α,β-unsaturated/α-hetero) is 1. The minimum absolute atomic E-state index is 0.162. The molecule has 1 aromatic rings. The van der Waals surface area contributed by atoms with E-state index in [1.807, 2.05) is 0 Å². The van der Waals surface area contributed by atoms with E-state index in [4.69, 9.17) is 5.41 Å². The first-order valence-electron chi connectivity index (χ1n) is 4.57. The Hall–Kier alpha value is -2.57. The van der Waals surface area contributed by atoms with Gasteiger partial charge in [0.2, 0.25) is 0 Å². The number of hydrogen-bond acceptors (Lipinski definition) is 5. The van der Waals surface area contributed by atoms with E-state index in [1.165, 1.54) is 18.2 Å². The van der Waals surface area contributed by atoms with Gasteiger partial charge in [-0.05, 0) is 6.07 Å². The van der Waals surface area contributed by atoms with E-state index in [2.05, 4.69) is 5.32 Å². The minimum Gasteiger partial charge on any atom is -0.320 e. The Bertz CT molecular complexity index is 510. The van der Waals surface area contributed by atoms with Gasteiger partial charge in [-0.3, -0.25) is 25.1 Å². The van der Waals surface area contributed by atoms with Gasteiger partial charge in [0.1, 0.15) is 0 Å². The first kappa shape index (κ1) is 12.5. The summed E-state index contributed by atoms with van der Waals surface area (Å²) in [6.07, 6.45) is 0. The maximum absolute atomic E-state index is 11.3. The second kappa shape index (κ2) is 4.97. The molecule has 17 heavy (non-hydrogen) atoms. The number of ketones is 1. The van der Waals surface area contributed by atoms with Gasteiger partial charge in [0, 0.05) is 24.7 Å². The van der Waals surface area contributed by atoms with Crippen molar-refractivity contribution in [1.82, 2.24) is 0 Å². The molecular weight excluding hydrogens is 226 g/mol. The van der Waals surface area contributed by atoms with Crippen LogP contribution in [-0.4, -0.2) is 22.3 Å². The minimum atomic E-state index is -0.891. The van der Waals surface area contributed by atoms with Crippen LogP contribution in [0.15, 0.2) is 24.3 Å². The molecule has 0 saturated carbocycles. The summed E-state index contributed by atoms with van der Waals surface area (Å²) in [5.74, 6) is -1.56. The molecule has 0 unspecified atom stereocenters. The molecule has 0 heterocycles. The molecule has 2 N–H and O–H groups in total. The van der Waals surface area contributed by atoms with Crippen molar-refractivity contribution in [2.75, 3.05) is 5.32 Å². The third-order valence-electron chi connectivity index (χ3n) is 1.89. The van der Waals surface area contributed by atoms with E-state index >= 15 is 0 Å². The van der Waals surface area contributed by atoms with Crippen molar-refractivity contribution < 1.29 is 14.5 Å². The molecule has 0 aliphatic heterocycles. The Morgan fingerprint density at radius 2 is 2.06 bits per heavy atom. The molecule has 0 atom stereocenters. The summed E-state index contributed by atoms with van der Waals surface area (Å²) in [7, 11) is 0. The molecule has 7 heteroatoms. The zero-order valence-electron chi connectivity index (χ0n) is 8.89. The predicted molar refractivity (Wildman–Crippen MR) is 60.1 cm³/mol. The summed E-state index contributed by atoms with van der Waals surface area (Å²) in [6.45, 7) is 1.09. The van der Waals surface area contributed by atoms with Crippen LogP contribution in [0.4, 0.5) is 11.4 Å². The lowest BCUT2D eigenvalue weighted by Gasteiger charge is -2.03. The lowest BCUT2D eigenvalue weighted by Crippen LogP contribution is -2.27. The van der Waals surface area contributed by atoms with Crippen LogP contribution in [0.25, 0.3) is 0 Å². The fraction of sp³-hybridized carbons (Fsp3) is 0.100. The van der Waals surface area contributed by atoms with E-state index in [0.29, 0.717) is 0 Å². The summed E-state index contributed by atoms with van der Waals surface area (Å²) in [5.41, 5.74) is -0.719. The van der Waals surface area contributed by atoms with Gasteiger partial charge in [0.25, 0.3) is 11.6 Å². The monoisotopic (exact) mass is 235 g/mol. The van der Waals surface area contributed by atoms with Gasteiger partial charge in [-0.2, -0.15) is 0 Å². The van der Waals surface area contributed by atoms with E-state index in [-0.39, 0.29) is 11.4 Å². The second-order valence-corrected chi connectivity index (χ2v) is 3.19. The topological polar surface area (TPSA) is 113 Å². The Morgan fingerprint density at radius 3 is 2.59 bits per heavy atom. The summed E-state index contributed by atoms with van der Waals surface area (Å²) < 4.78 is 0. The van der Waals surface area contributed by atoms with Gasteiger partial charge in [-0.25, -0.2) is 0 Å². The molecule has 88 valence electrons. The Kier molecular flexibility index (Phi) is 3.66. The zero-order valence-corrected chi connectivity index (χ0v) is 8.89. The second-order valence-electron chi connectivity index (χ2n) is 3.19. The normalized spacial score (nSPS) is 9.47. The highest BCUT2D eigenvalue weighted by atomic mass is 16.6. The number of carbonyl (C=O) groups excluding carboxylic acids is 2. The lowest BCUT2D eigenvalue weighted by molar-refractivity contribution is -0.384. The number of benzene rings is 1. The average Bonchev–Trinajstić information content (AvgIpc) is 2.28. The number of non-ortho nitro benzene ring substituents is 1. The molecule has 1 aromatic carbocycles. The molecular formula is C10H9N3O4. The third kappa shape index (κ3) is 3.20. The third-order valence-corrected chi connectivity index (χ3v) is 1.89. The molecule has 0 aliphatic carbocycles. The highest BCUT2D eigenvalue weighted by molar-refractivity contribution is 6.66. The number of nitro benzene ring substituents is 1. The van der Waals surface area contributed by atoms with Crippen LogP contribution in [0, 0.1) is 15.5 Å². The summed E-state index contributed by atoms with van der Waals surface area (Å²) >= 11 is 0. The number of rotatable bonds is 4. The number of carbonyl (C=O) groups is 2. The van der Waals surface area contributed by atoms with Crippen molar-refractivity contribution in [3.63, 3.8) is 0 Å². The van der Waals surface area contributed by atoms with Crippen LogP contribution in [0.1, 0.15) is 6.92 Å². The maximum atomic E-state index is 11.3. The van der Waals surface area contributed by atoms with Gasteiger partial charge < -0.3 is 5.32 Å². The zero-order chi connectivity index (χ0) is 13.0. The molecule has 7 nitrogen and oxygen atoms in total. The fourth-order valence-electron chi connectivity index (χ4n) is 1.05. The first-order valence-corrected chi connectivity index (χ1v) is 4.57. The molecule has 0 aromatic heterocycles. The van der Waals surface area contributed by atoms with Gasteiger partial charge in [-0.15, -0.1) is 0 Å². The summed E-state index contributed by atoms with van der Waals surface area (Å²) in [4.78, 5) is 31.9. The lowest BCUT2D eigenvalue weighted by atomic mass is 10.2. The molecule has 0 aliphatic rings. The Morgan fingerprint density at radius 1 is 1.41 bits per heavy atom. The van der Waals surface area contributed by atoms with Gasteiger partial charge in [0.05, 0.1) is 4.92 Å². The number of nitrogens with one attached hydrogen (secondary N) is 2. The van der Waals surface area contributed by atoms with E-state index in [0.717, 1.165) is 13.0 Å². The molecule has 1 amide bonds. The van der Waals surface area contributed by atoms with E-state index in [1.54, 1.807) is 0 Å². The van der Waals surface area contributed by atoms with Crippen molar-refractivity contribution >= 4 is 28.8 Å². The molecule has 1 rings (SSSR count). The van der Waals surface area contributed by atoms with Crippen molar-refractivity contribution in [1.29, 1.82) is 5.41 Å². The maximum Gasteiger partial charge on any atom is 0.277 e. The Balaban J connectivity index is 2.86. The van der Waals surface area contributed by atoms with Crippen LogP contribution < -0.4 is 5.32 Å². The molecule has 0 saturated heterocycles. The van der Waals surface area contributed by atoms with Crippen LogP contribution >= 0.6 is 0 Å².